The Morgan fingerprint density at radius 3 is 2.39 bits per heavy atom. The standard InChI is InChI=1S/C23H28N2O3/c1-17(2)16-28-21-8-6-7-19(15-21)22(26)24-20-11-9-18(10-12-20)23(27)25-13-4-3-5-14-25/h6-12,15,17H,3-5,13-14,16H2,1-2H3,(H,24,26). The fourth-order valence-electron chi connectivity index (χ4n) is 3.17. The lowest BCUT2D eigenvalue weighted by atomic mass is 10.1. The SMILES string of the molecule is CC(C)COc1cccc(C(=O)Nc2ccc(C(=O)N3CCCCC3)cc2)c1. The lowest BCUT2D eigenvalue weighted by molar-refractivity contribution is 0.0724. The van der Waals surface area contributed by atoms with Crippen LogP contribution in [0.15, 0.2) is 48.5 Å². The van der Waals surface area contributed by atoms with Crippen molar-refractivity contribution in [2.45, 2.75) is 33.1 Å². The highest BCUT2D eigenvalue weighted by atomic mass is 16.5. The molecule has 0 bridgehead atoms. The first-order chi connectivity index (χ1) is 13.5. The van der Waals surface area contributed by atoms with Gasteiger partial charge in [-0.05, 0) is 67.6 Å². The second-order valence-corrected chi connectivity index (χ2v) is 7.62. The molecule has 0 radical (unpaired) electrons. The van der Waals surface area contributed by atoms with Gasteiger partial charge in [0.1, 0.15) is 5.75 Å². The molecule has 0 saturated carbocycles. The third kappa shape index (κ3) is 5.35. The van der Waals surface area contributed by atoms with E-state index >= 15 is 0 Å². The molecule has 2 aromatic carbocycles. The highest BCUT2D eigenvalue weighted by molar-refractivity contribution is 6.04. The first-order valence-electron chi connectivity index (χ1n) is 9.96. The normalized spacial score (nSPS) is 14.0. The van der Waals surface area contributed by atoms with Gasteiger partial charge in [0.05, 0.1) is 6.61 Å². The summed E-state index contributed by atoms with van der Waals surface area (Å²) in [5, 5.41) is 2.88. The first kappa shape index (κ1) is 19.9. The fraction of sp³-hybridized carbons (Fsp3) is 0.391. The summed E-state index contributed by atoms with van der Waals surface area (Å²) in [5.74, 6) is 0.963. The third-order valence-corrected chi connectivity index (χ3v) is 4.71. The highest BCUT2D eigenvalue weighted by Gasteiger charge is 2.18. The van der Waals surface area contributed by atoms with Gasteiger partial charge in [-0.2, -0.15) is 0 Å². The third-order valence-electron chi connectivity index (χ3n) is 4.71. The maximum Gasteiger partial charge on any atom is 0.255 e. The Hall–Kier alpha value is -2.82. The van der Waals surface area contributed by atoms with Crippen LogP contribution in [0.1, 0.15) is 53.8 Å². The van der Waals surface area contributed by atoms with Crippen molar-refractivity contribution in [3.63, 3.8) is 0 Å². The van der Waals surface area contributed by atoms with E-state index in [0.29, 0.717) is 35.1 Å². The Kier molecular flexibility index (Phi) is 6.69. The van der Waals surface area contributed by atoms with E-state index in [4.69, 9.17) is 4.74 Å². The minimum Gasteiger partial charge on any atom is -0.493 e. The molecule has 1 fully saturated rings. The van der Waals surface area contributed by atoms with Crippen LogP contribution in [0.5, 0.6) is 5.75 Å². The largest absolute Gasteiger partial charge is 0.493 e. The molecule has 1 saturated heterocycles. The number of piperidine rings is 1. The molecule has 148 valence electrons. The number of rotatable bonds is 6. The Labute approximate surface area is 166 Å². The molecule has 1 N–H and O–H groups in total. The quantitative estimate of drug-likeness (QED) is 0.797. The van der Waals surface area contributed by atoms with E-state index in [-0.39, 0.29) is 11.8 Å². The van der Waals surface area contributed by atoms with Crippen LogP contribution in [0.3, 0.4) is 0 Å². The number of ether oxygens (including phenoxy) is 1. The van der Waals surface area contributed by atoms with E-state index in [1.54, 1.807) is 36.4 Å². The van der Waals surface area contributed by atoms with Gasteiger partial charge in [-0.3, -0.25) is 9.59 Å². The van der Waals surface area contributed by atoms with Gasteiger partial charge in [0.25, 0.3) is 11.8 Å². The molecule has 5 nitrogen and oxygen atoms in total. The van der Waals surface area contributed by atoms with Crippen LogP contribution in [-0.2, 0) is 0 Å². The van der Waals surface area contributed by atoms with E-state index in [9.17, 15) is 9.59 Å². The molecule has 2 aromatic rings. The van der Waals surface area contributed by atoms with Gasteiger partial charge in [0, 0.05) is 29.9 Å². The number of nitrogens with zero attached hydrogens (tertiary/aromatic N) is 1. The molecule has 1 aliphatic heterocycles. The minimum absolute atomic E-state index is 0.0626. The molecule has 1 heterocycles. The van der Waals surface area contributed by atoms with Crippen molar-refractivity contribution in [3.8, 4) is 5.75 Å². The van der Waals surface area contributed by atoms with Gasteiger partial charge in [-0.15, -0.1) is 0 Å². The van der Waals surface area contributed by atoms with Gasteiger partial charge < -0.3 is 15.0 Å². The van der Waals surface area contributed by atoms with Gasteiger partial charge in [0.15, 0.2) is 0 Å². The van der Waals surface area contributed by atoms with Crippen LogP contribution in [0, 0.1) is 5.92 Å². The zero-order valence-electron chi connectivity index (χ0n) is 16.6. The maximum atomic E-state index is 12.5. The molecule has 3 rings (SSSR count). The monoisotopic (exact) mass is 380 g/mol. The zero-order valence-corrected chi connectivity index (χ0v) is 16.6. The van der Waals surface area contributed by atoms with E-state index in [1.807, 2.05) is 17.0 Å². The molecule has 0 atom stereocenters. The fourth-order valence-corrected chi connectivity index (χ4v) is 3.17. The number of anilines is 1. The van der Waals surface area contributed by atoms with Crippen molar-refractivity contribution < 1.29 is 14.3 Å². The molecular formula is C23H28N2O3. The second-order valence-electron chi connectivity index (χ2n) is 7.62. The summed E-state index contributed by atoms with van der Waals surface area (Å²) in [4.78, 5) is 27.0. The summed E-state index contributed by atoms with van der Waals surface area (Å²) < 4.78 is 5.69. The first-order valence-corrected chi connectivity index (χ1v) is 9.96. The molecule has 0 aliphatic carbocycles. The van der Waals surface area contributed by atoms with Crippen LogP contribution in [0.2, 0.25) is 0 Å². The predicted molar refractivity (Wildman–Crippen MR) is 111 cm³/mol. The van der Waals surface area contributed by atoms with E-state index < -0.39 is 0 Å². The molecule has 0 aromatic heterocycles. The lowest BCUT2D eigenvalue weighted by Gasteiger charge is -2.26. The number of carbonyl (C=O) groups is 2. The summed E-state index contributed by atoms with van der Waals surface area (Å²) in [6, 6.07) is 14.2. The lowest BCUT2D eigenvalue weighted by Crippen LogP contribution is -2.35. The van der Waals surface area contributed by atoms with Crippen molar-refractivity contribution in [2.24, 2.45) is 5.92 Å². The summed E-state index contributed by atoms with van der Waals surface area (Å²) in [7, 11) is 0. The Bertz CT molecular complexity index is 809. The van der Waals surface area contributed by atoms with Gasteiger partial charge >= 0.3 is 0 Å². The van der Waals surface area contributed by atoms with Crippen molar-refractivity contribution in [2.75, 3.05) is 25.0 Å². The summed E-state index contributed by atoms with van der Waals surface area (Å²) >= 11 is 0. The average Bonchev–Trinajstić information content (AvgIpc) is 2.73. The number of nitrogens with one attached hydrogen (secondary N) is 1. The average molecular weight is 380 g/mol. The van der Waals surface area contributed by atoms with E-state index in [0.717, 1.165) is 25.9 Å². The number of amides is 2. The van der Waals surface area contributed by atoms with Gasteiger partial charge in [-0.1, -0.05) is 19.9 Å². The summed E-state index contributed by atoms with van der Waals surface area (Å²) in [6.45, 7) is 6.42. The van der Waals surface area contributed by atoms with Gasteiger partial charge in [0.2, 0.25) is 0 Å². The van der Waals surface area contributed by atoms with Crippen LogP contribution in [-0.4, -0.2) is 36.4 Å². The van der Waals surface area contributed by atoms with Crippen LogP contribution in [0.25, 0.3) is 0 Å². The number of benzene rings is 2. The van der Waals surface area contributed by atoms with Crippen molar-refractivity contribution >= 4 is 17.5 Å². The number of carbonyl (C=O) groups excluding carboxylic acids is 2. The van der Waals surface area contributed by atoms with E-state index in [2.05, 4.69) is 19.2 Å². The summed E-state index contributed by atoms with van der Waals surface area (Å²) in [5.41, 5.74) is 1.85. The highest BCUT2D eigenvalue weighted by Crippen LogP contribution is 2.18. The molecule has 0 spiro atoms. The molecular weight excluding hydrogens is 352 g/mol. The van der Waals surface area contributed by atoms with Crippen molar-refractivity contribution in [1.29, 1.82) is 0 Å². The van der Waals surface area contributed by atoms with Crippen molar-refractivity contribution in [1.82, 2.24) is 4.90 Å². The summed E-state index contributed by atoms with van der Waals surface area (Å²) in [6.07, 6.45) is 3.33. The van der Waals surface area contributed by atoms with Gasteiger partial charge in [-0.25, -0.2) is 0 Å². The second kappa shape index (κ2) is 9.40. The Morgan fingerprint density at radius 2 is 1.71 bits per heavy atom. The van der Waals surface area contributed by atoms with Crippen LogP contribution in [0.4, 0.5) is 5.69 Å². The topological polar surface area (TPSA) is 58.6 Å². The molecule has 1 aliphatic rings. The van der Waals surface area contributed by atoms with Crippen molar-refractivity contribution in [3.05, 3.63) is 59.7 Å². The smallest absolute Gasteiger partial charge is 0.255 e. The Balaban J connectivity index is 1.61. The predicted octanol–water partition coefficient (Wildman–Crippen LogP) is 4.60. The van der Waals surface area contributed by atoms with Crippen LogP contribution >= 0.6 is 0 Å². The molecule has 5 heteroatoms. The number of hydrogen-bond acceptors (Lipinski definition) is 3. The molecule has 2 amide bonds. The Morgan fingerprint density at radius 1 is 1.00 bits per heavy atom. The molecule has 0 unspecified atom stereocenters. The molecule has 28 heavy (non-hydrogen) atoms. The minimum atomic E-state index is -0.204. The number of hydrogen-bond donors (Lipinski definition) is 1. The van der Waals surface area contributed by atoms with Crippen LogP contribution < -0.4 is 10.1 Å². The maximum absolute atomic E-state index is 12.5. The zero-order chi connectivity index (χ0) is 19.9. The van der Waals surface area contributed by atoms with E-state index in [1.165, 1.54) is 6.42 Å². The number of likely N-dealkylation sites (tertiary alicyclic amines) is 1.